The highest BCUT2D eigenvalue weighted by atomic mass is 32.2. The summed E-state index contributed by atoms with van der Waals surface area (Å²) in [6, 6.07) is 8.63. The van der Waals surface area contributed by atoms with Crippen LogP contribution in [0.25, 0.3) is 0 Å². The predicted octanol–water partition coefficient (Wildman–Crippen LogP) is 0.889. The fourth-order valence-electron chi connectivity index (χ4n) is 2.44. The SMILES string of the molecule is Cn1cc(S(=O)(=O)NCc2ccc(Oc3cccc(F)c3)nc2)c(=O)n(C)c1=O. The third-order valence-electron chi connectivity index (χ3n) is 3.99. The summed E-state index contributed by atoms with van der Waals surface area (Å²) in [5, 5.41) is 0. The Kier molecular flexibility index (Phi) is 5.62. The quantitative estimate of drug-likeness (QED) is 0.634. The fraction of sp³-hybridized carbons (Fsp3) is 0.167. The molecule has 3 aromatic rings. The largest absolute Gasteiger partial charge is 0.439 e. The molecule has 0 radical (unpaired) electrons. The molecule has 9 nitrogen and oxygen atoms in total. The van der Waals surface area contributed by atoms with Gasteiger partial charge in [0.05, 0.1) is 0 Å². The highest BCUT2D eigenvalue weighted by molar-refractivity contribution is 7.89. The molecule has 2 aromatic heterocycles. The molecule has 29 heavy (non-hydrogen) atoms. The van der Waals surface area contributed by atoms with Crippen LogP contribution in [0.5, 0.6) is 11.6 Å². The van der Waals surface area contributed by atoms with Gasteiger partial charge < -0.3 is 9.30 Å². The molecule has 0 amide bonds. The molecule has 0 fully saturated rings. The first-order valence-corrected chi connectivity index (χ1v) is 9.80. The van der Waals surface area contributed by atoms with Crippen molar-refractivity contribution in [1.82, 2.24) is 18.8 Å². The second kappa shape index (κ2) is 7.97. The van der Waals surface area contributed by atoms with Crippen molar-refractivity contribution in [2.24, 2.45) is 14.1 Å². The number of sulfonamides is 1. The Morgan fingerprint density at radius 1 is 1.17 bits per heavy atom. The molecule has 2 heterocycles. The average molecular weight is 420 g/mol. The van der Waals surface area contributed by atoms with Crippen LogP contribution in [0, 0.1) is 5.82 Å². The number of halogens is 1. The lowest BCUT2D eigenvalue weighted by Crippen LogP contribution is -2.41. The van der Waals surface area contributed by atoms with Gasteiger partial charge in [-0.25, -0.2) is 27.3 Å². The molecule has 0 unspecified atom stereocenters. The summed E-state index contributed by atoms with van der Waals surface area (Å²) in [6.45, 7) is -0.137. The third kappa shape index (κ3) is 4.58. The highest BCUT2D eigenvalue weighted by Crippen LogP contribution is 2.20. The van der Waals surface area contributed by atoms with Crippen LogP contribution in [0.3, 0.4) is 0 Å². The summed E-state index contributed by atoms with van der Waals surface area (Å²) in [5.41, 5.74) is -1.05. The molecule has 0 aliphatic rings. The van der Waals surface area contributed by atoms with Gasteiger partial charge in [-0.3, -0.25) is 9.36 Å². The predicted molar refractivity (Wildman–Crippen MR) is 102 cm³/mol. The van der Waals surface area contributed by atoms with Crippen molar-refractivity contribution >= 4 is 10.0 Å². The molecule has 1 N–H and O–H groups in total. The minimum absolute atomic E-state index is 0.137. The van der Waals surface area contributed by atoms with E-state index in [-0.39, 0.29) is 18.2 Å². The van der Waals surface area contributed by atoms with Crippen LogP contribution in [0.4, 0.5) is 4.39 Å². The molecule has 3 rings (SSSR count). The lowest BCUT2D eigenvalue weighted by molar-refractivity contribution is 0.457. The molecule has 0 atom stereocenters. The Balaban J connectivity index is 1.73. The zero-order chi connectivity index (χ0) is 21.2. The first-order valence-electron chi connectivity index (χ1n) is 8.32. The molecular weight excluding hydrogens is 403 g/mol. The summed E-state index contributed by atoms with van der Waals surface area (Å²) in [5.74, 6) is 0.0312. The topological polar surface area (TPSA) is 112 Å². The summed E-state index contributed by atoms with van der Waals surface area (Å²) in [6.07, 6.45) is 2.36. The number of benzene rings is 1. The third-order valence-corrected chi connectivity index (χ3v) is 5.37. The van der Waals surface area contributed by atoms with Gasteiger partial charge in [-0.2, -0.15) is 0 Å². The van der Waals surface area contributed by atoms with Gasteiger partial charge in [-0.1, -0.05) is 12.1 Å². The molecule has 1 aromatic carbocycles. The van der Waals surface area contributed by atoms with Gasteiger partial charge in [0, 0.05) is 45.2 Å². The zero-order valence-electron chi connectivity index (χ0n) is 15.5. The van der Waals surface area contributed by atoms with E-state index in [9.17, 15) is 22.4 Å². The van der Waals surface area contributed by atoms with Gasteiger partial charge in [0.1, 0.15) is 11.6 Å². The van der Waals surface area contributed by atoms with Crippen LogP contribution in [0.15, 0.2) is 63.3 Å². The minimum Gasteiger partial charge on any atom is -0.439 e. The summed E-state index contributed by atoms with van der Waals surface area (Å²) < 4.78 is 47.5. The van der Waals surface area contributed by atoms with Crippen LogP contribution >= 0.6 is 0 Å². The highest BCUT2D eigenvalue weighted by Gasteiger charge is 2.21. The van der Waals surface area contributed by atoms with Crippen molar-refractivity contribution in [3.8, 4) is 11.6 Å². The minimum atomic E-state index is -4.16. The molecule has 0 bridgehead atoms. The summed E-state index contributed by atoms with van der Waals surface area (Å²) in [4.78, 5) is 27.3. The Morgan fingerprint density at radius 3 is 2.59 bits per heavy atom. The molecule has 0 saturated carbocycles. The van der Waals surface area contributed by atoms with E-state index < -0.39 is 32.0 Å². The van der Waals surface area contributed by atoms with Crippen LogP contribution in [-0.4, -0.2) is 22.5 Å². The van der Waals surface area contributed by atoms with Crippen LogP contribution in [0.1, 0.15) is 5.56 Å². The van der Waals surface area contributed by atoms with E-state index in [2.05, 4.69) is 9.71 Å². The zero-order valence-corrected chi connectivity index (χ0v) is 16.3. The van der Waals surface area contributed by atoms with E-state index in [4.69, 9.17) is 4.74 Å². The van der Waals surface area contributed by atoms with E-state index in [0.29, 0.717) is 10.1 Å². The van der Waals surface area contributed by atoms with Gasteiger partial charge in [0.15, 0.2) is 4.90 Å². The molecule has 0 spiro atoms. The normalized spacial score (nSPS) is 11.4. The second-order valence-electron chi connectivity index (χ2n) is 6.14. The van der Waals surface area contributed by atoms with Crippen molar-refractivity contribution in [1.29, 1.82) is 0 Å². The van der Waals surface area contributed by atoms with E-state index >= 15 is 0 Å². The number of aromatic nitrogens is 3. The Morgan fingerprint density at radius 2 is 1.93 bits per heavy atom. The average Bonchev–Trinajstić information content (AvgIpc) is 2.68. The van der Waals surface area contributed by atoms with E-state index in [1.807, 2.05) is 0 Å². The number of aryl methyl sites for hydroxylation is 1. The van der Waals surface area contributed by atoms with Gasteiger partial charge in [0.2, 0.25) is 15.9 Å². The number of nitrogens with one attached hydrogen (secondary N) is 1. The number of pyridine rings is 1. The van der Waals surface area contributed by atoms with Crippen molar-refractivity contribution < 1.29 is 17.5 Å². The number of ether oxygens (including phenoxy) is 1. The second-order valence-corrected chi connectivity index (χ2v) is 7.88. The van der Waals surface area contributed by atoms with Crippen molar-refractivity contribution in [2.75, 3.05) is 0 Å². The number of rotatable bonds is 6. The van der Waals surface area contributed by atoms with Crippen molar-refractivity contribution in [3.05, 3.63) is 81.0 Å². The smallest absolute Gasteiger partial charge is 0.330 e. The van der Waals surface area contributed by atoms with Gasteiger partial charge in [0.25, 0.3) is 5.56 Å². The van der Waals surface area contributed by atoms with Gasteiger partial charge in [-0.05, 0) is 17.7 Å². The first kappa shape index (κ1) is 20.4. The number of hydrogen-bond acceptors (Lipinski definition) is 6. The maximum absolute atomic E-state index is 13.2. The number of hydrogen-bond donors (Lipinski definition) is 1. The molecule has 0 aliphatic carbocycles. The maximum atomic E-state index is 13.2. The summed E-state index contributed by atoms with van der Waals surface area (Å²) >= 11 is 0. The van der Waals surface area contributed by atoms with E-state index in [1.165, 1.54) is 44.6 Å². The molecule has 152 valence electrons. The monoisotopic (exact) mass is 420 g/mol. The van der Waals surface area contributed by atoms with Crippen LogP contribution in [-0.2, 0) is 30.7 Å². The van der Waals surface area contributed by atoms with Crippen molar-refractivity contribution in [2.45, 2.75) is 11.4 Å². The maximum Gasteiger partial charge on any atom is 0.330 e. The summed E-state index contributed by atoms with van der Waals surface area (Å²) in [7, 11) is -1.61. The Bertz CT molecular complexity index is 1270. The Hall–Kier alpha value is -3.31. The molecule has 0 saturated heterocycles. The van der Waals surface area contributed by atoms with E-state index in [0.717, 1.165) is 10.8 Å². The Labute approximate surface area is 165 Å². The fourth-order valence-corrected chi connectivity index (χ4v) is 3.62. The van der Waals surface area contributed by atoms with Gasteiger partial charge >= 0.3 is 5.69 Å². The standard InChI is InChI=1S/C18H17FN4O5S/c1-22-11-15(17(24)23(2)18(22)25)29(26,27)21-10-12-6-7-16(20-9-12)28-14-5-3-4-13(19)8-14/h3-9,11,21H,10H2,1-2H3. The molecular formula is C18H17FN4O5S. The first-order chi connectivity index (χ1) is 13.7. The molecule has 11 heteroatoms. The van der Waals surface area contributed by atoms with Gasteiger partial charge in [-0.15, -0.1) is 0 Å². The lowest BCUT2D eigenvalue weighted by Gasteiger charge is -2.09. The van der Waals surface area contributed by atoms with Crippen LogP contribution < -0.4 is 20.7 Å². The number of nitrogens with zero attached hydrogens (tertiary/aromatic N) is 3. The van der Waals surface area contributed by atoms with Crippen molar-refractivity contribution in [3.63, 3.8) is 0 Å². The van der Waals surface area contributed by atoms with Crippen LogP contribution in [0.2, 0.25) is 0 Å². The van der Waals surface area contributed by atoms with E-state index in [1.54, 1.807) is 12.1 Å². The molecule has 0 aliphatic heterocycles. The lowest BCUT2D eigenvalue weighted by atomic mass is 10.3.